The van der Waals surface area contributed by atoms with Crippen LogP contribution in [0.2, 0.25) is 0 Å². The van der Waals surface area contributed by atoms with E-state index in [4.69, 9.17) is 0 Å². The van der Waals surface area contributed by atoms with E-state index < -0.39 is 30.6 Å². The predicted molar refractivity (Wildman–Crippen MR) is 71.9 cm³/mol. The quantitative estimate of drug-likeness (QED) is 0.917. The van der Waals surface area contributed by atoms with Gasteiger partial charge in [0, 0.05) is 13.1 Å². The molecule has 1 N–H and O–H groups in total. The third kappa shape index (κ3) is 2.66. The molecule has 1 aliphatic rings. The van der Waals surface area contributed by atoms with Crippen molar-refractivity contribution in [1.82, 2.24) is 14.5 Å². The molecule has 1 fully saturated rings. The summed E-state index contributed by atoms with van der Waals surface area (Å²) < 4.78 is 40.3. The second-order valence-electron chi connectivity index (χ2n) is 5.29. The van der Waals surface area contributed by atoms with E-state index in [2.05, 4.69) is 4.98 Å². The van der Waals surface area contributed by atoms with Gasteiger partial charge in [-0.25, -0.2) is 4.98 Å². The van der Waals surface area contributed by atoms with Gasteiger partial charge in [-0.3, -0.25) is 4.79 Å². The average Bonchev–Trinajstić information content (AvgIpc) is 3.03. The molecule has 1 amide bonds. The van der Waals surface area contributed by atoms with Gasteiger partial charge in [0.1, 0.15) is 6.54 Å². The molecule has 0 bridgehead atoms. The highest BCUT2D eigenvalue weighted by atomic mass is 19.4. The van der Waals surface area contributed by atoms with E-state index >= 15 is 0 Å². The largest absolute Gasteiger partial charge is 0.449 e. The summed E-state index contributed by atoms with van der Waals surface area (Å²) in [6.45, 7) is 0.0723. The van der Waals surface area contributed by atoms with Crippen molar-refractivity contribution in [2.24, 2.45) is 0 Å². The smallest absolute Gasteiger partial charge is 0.391 e. The Kier molecular flexibility index (Phi) is 3.56. The average molecular weight is 313 g/mol. The molecule has 0 unspecified atom stereocenters. The predicted octanol–water partition coefficient (Wildman–Crippen LogP) is 1.65. The third-order valence-corrected chi connectivity index (χ3v) is 3.72. The first kappa shape index (κ1) is 14.8. The summed E-state index contributed by atoms with van der Waals surface area (Å²) in [7, 11) is 0. The van der Waals surface area contributed by atoms with E-state index in [0.29, 0.717) is 13.0 Å². The Labute approximate surface area is 124 Å². The zero-order chi connectivity index (χ0) is 15.9. The van der Waals surface area contributed by atoms with Gasteiger partial charge in [-0.15, -0.1) is 0 Å². The highest BCUT2D eigenvalue weighted by Crippen LogP contribution is 2.31. The van der Waals surface area contributed by atoms with Crippen LogP contribution in [0.1, 0.15) is 12.2 Å². The Bertz CT molecular complexity index is 711. The van der Waals surface area contributed by atoms with Gasteiger partial charge in [-0.2, -0.15) is 13.2 Å². The Morgan fingerprint density at radius 2 is 2.09 bits per heavy atom. The summed E-state index contributed by atoms with van der Waals surface area (Å²) in [6, 6.07) is 6.18. The first-order valence-electron chi connectivity index (χ1n) is 6.84. The summed E-state index contributed by atoms with van der Waals surface area (Å²) in [5.41, 5.74) is 0.465. The van der Waals surface area contributed by atoms with Crippen molar-refractivity contribution in [3.05, 3.63) is 30.1 Å². The molecule has 3 rings (SSSR count). The molecule has 118 valence electrons. The first-order chi connectivity index (χ1) is 10.4. The topological polar surface area (TPSA) is 58.4 Å². The number of aromatic nitrogens is 2. The van der Waals surface area contributed by atoms with Gasteiger partial charge >= 0.3 is 6.18 Å². The normalized spacial score (nSPS) is 19.1. The molecule has 1 aromatic carbocycles. The number of fused-ring (bicyclic) bond motifs is 1. The van der Waals surface area contributed by atoms with Crippen LogP contribution in [0.25, 0.3) is 11.0 Å². The summed E-state index contributed by atoms with van der Waals surface area (Å²) in [6.07, 6.45) is -4.79. The first-order valence-corrected chi connectivity index (χ1v) is 6.84. The summed E-state index contributed by atoms with van der Waals surface area (Å²) in [5, 5.41) is 9.44. The molecule has 1 aliphatic heterocycles. The maximum atomic E-state index is 13.1. The molecule has 0 radical (unpaired) electrons. The maximum absolute atomic E-state index is 13.1. The van der Waals surface area contributed by atoms with E-state index in [1.807, 2.05) is 0 Å². The molecule has 0 spiro atoms. The lowest BCUT2D eigenvalue weighted by molar-refractivity contribution is -0.148. The number of carbonyl (C=O) groups is 1. The van der Waals surface area contributed by atoms with Crippen molar-refractivity contribution < 1.29 is 23.1 Å². The SMILES string of the molecule is O=C(Cn1c(C(F)(F)F)nc2ccccc21)N1CC[C@@H](O)C1. The van der Waals surface area contributed by atoms with E-state index in [-0.39, 0.29) is 17.6 Å². The standard InChI is InChI=1S/C14H14F3N3O2/c15-14(16,17)13-18-10-3-1-2-4-11(10)20(13)8-12(22)19-6-5-9(21)7-19/h1-4,9,21H,5-8H2/t9-/m1/s1. The number of imidazole rings is 1. The van der Waals surface area contributed by atoms with Crippen LogP contribution in [0.5, 0.6) is 0 Å². The second kappa shape index (κ2) is 5.28. The minimum atomic E-state index is -4.64. The maximum Gasteiger partial charge on any atom is 0.449 e. The molecule has 0 saturated carbocycles. The van der Waals surface area contributed by atoms with Crippen LogP contribution in [0.4, 0.5) is 13.2 Å². The number of halogens is 3. The molecule has 5 nitrogen and oxygen atoms in total. The Morgan fingerprint density at radius 1 is 1.36 bits per heavy atom. The van der Waals surface area contributed by atoms with Crippen LogP contribution in [-0.4, -0.2) is 44.7 Å². The fourth-order valence-corrected chi connectivity index (χ4v) is 2.66. The van der Waals surface area contributed by atoms with Crippen LogP contribution in [-0.2, 0) is 17.5 Å². The van der Waals surface area contributed by atoms with Crippen molar-refractivity contribution in [2.75, 3.05) is 13.1 Å². The van der Waals surface area contributed by atoms with Crippen LogP contribution in [0, 0.1) is 0 Å². The lowest BCUT2D eigenvalue weighted by atomic mass is 10.3. The fraction of sp³-hybridized carbons (Fsp3) is 0.429. The lowest BCUT2D eigenvalue weighted by Crippen LogP contribution is -2.33. The minimum Gasteiger partial charge on any atom is -0.391 e. The molecule has 1 atom stereocenters. The van der Waals surface area contributed by atoms with Gasteiger partial charge in [0.05, 0.1) is 17.1 Å². The molecule has 0 aliphatic carbocycles. The van der Waals surface area contributed by atoms with Gasteiger partial charge < -0.3 is 14.6 Å². The van der Waals surface area contributed by atoms with Crippen LogP contribution < -0.4 is 0 Å². The number of benzene rings is 1. The Balaban J connectivity index is 1.96. The van der Waals surface area contributed by atoms with Crippen LogP contribution >= 0.6 is 0 Å². The number of amides is 1. The number of hydrogen-bond acceptors (Lipinski definition) is 3. The van der Waals surface area contributed by atoms with Crippen LogP contribution in [0.15, 0.2) is 24.3 Å². The number of β-amino-alcohol motifs (C(OH)–C–C–N with tert-alkyl or cyclic N) is 1. The molecule has 8 heteroatoms. The summed E-state index contributed by atoms with van der Waals surface area (Å²) >= 11 is 0. The number of nitrogens with zero attached hydrogens (tertiary/aromatic N) is 3. The summed E-state index contributed by atoms with van der Waals surface area (Å²) in [4.78, 5) is 17.2. The number of rotatable bonds is 2. The molecule has 1 saturated heterocycles. The summed E-state index contributed by atoms with van der Waals surface area (Å²) in [5.74, 6) is -1.54. The molecule has 2 heterocycles. The highest BCUT2D eigenvalue weighted by molar-refractivity contribution is 5.81. The zero-order valence-electron chi connectivity index (χ0n) is 11.5. The Morgan fingerprint density at radius 3 is 2.73 bits per heavy atom. The number of hydrogen-bond donors (Lipinski definition) is 1. The minimum absolute atomic E-state index is 0.160. The Hall–Kier alpha value is -2.09. The van der Waals surface area contributed by atoms with Crippen molar-refractivity contribution in [3.63, 3.8) is 0 Å². The van der Waals surface area contributed by atoms with Crippen molar-refractivity contribution in [2.45, 2.75) is 25.2 Å². The second-order valence-corrected chi connectivity index (χ2v) is 5.29. The number of aliphatic hydroxyl groups is 1. The zero-order valence-corrected chi connectivity index (χ0v) is 11.5. The van der Waals surface area contributed by atoms with E-state index in [0.717, 1.165) is 4.57 Å². The number of likely N-dealkylation sites (tertiary alicyclic amines) is 1. The van der Waals surface area contributed by atoms with Crippen LogP contribution in [0.3, 0.4) is 0 Å². The number of aliphatic hydroxyl groups excluding tert-OH is 1. The van der Waals surface area contributed by atoms with Gasteiger partial charge in [0.2, 0.25) is 11.7 Å². The fourth-order valence-electron chi connectivity index (χ4n) is 2.66. The van der Waals surface area contributed by atoms with Crippen molar-refractivity contribution in [1.29, 1.82) is 0 Å². The van der Waals surface area contributed by atoms with Gasteiger partial charge in [-0.05, 0) is 18.6 Å². The van der Waals surface area contributed by atoms with Crippen molar-refractivity contribution in [3.8, 4) is 0 Å². The van der Waals surface area contributed by atoms with Crippen molar-refractivity contribution >= 4 is 16.9 Å². The molecule has 2 aromatic rings. The number of alkyl halides is 3. The molecule has 22 heavy (non-hydrogen) atoms. The number of carbonyl (C=O) groups excluding carboxylic acids is 1. The van der Waals surface area contributed by atoms with E-state index in [1.165, 1.54) is 17.0 Å². The van der Waals surface area contributed by atoms with E-state index in [1.54, 1.807) is 12.1 Å². The molecular formula is C14H14F3N3O2. The molecular weight excluding hydrogens is 299 g/mol. The molecule has 1 aromatic heterocycles. The number of para-hydroxylation sites is 2. The van der Waals surface area contributed by atoms with Gasteiger partial charge in [-0.1, -0.05) is 12.1 Å². The van der Waals surface area contributed by atoms with E-state index in [9.17, 15) is 23.1 Å². The highest BCUT2D eigenvalue weighted by Gasteiger charge is 2.38. The van der Waals surface area contributed by atoms with Gasteiger partial charge in [0.25, 0.3) is 0 Å². The van der Waals surface area contributed by atoms with Gasteiger partial charge in [0.15, 0.2) is 0 Å². The third-order valence-electron chi connectivity index (χ3n) is 3.72. The monoisotopic (exact) mass is 313 g/mol. The lowest BCUT2D eigenvalue weighted by Gasteiger charge is -2.17.